The molecule has 0 aliphatic carbocycles. The average molecular weight is 427 g/mol. The number of ether oxygens (including phenoxy) is 3. The first kappa shape index (κ1) is 22.3. The number of rotatable bonds is 9. The van der Waals surface area contributed by atoms with E-state index in [4.69, 9.17) is 14.2 Å². The third-order valence-corrected chi connectivity index (χ3v) is 5.21. The molecule has 2 atom stereocenters. The van der Waals surface area contributed by atoms with Crippen LogP contribution in [-0.4, -0.2) is 43.0 Å². The third-order valence-electron chi connectivity index (χ3n) is 5.21. The molecule has 8 nitrogen and oxygen atoms in total. The standard InChI is InChI=1S/C23H25NO7/c1-3-15-5-7-16(8-6-15)22(25)21(23(26)29-4-2)18(14-24(27)28)17-9-10-19-20(13-17)31-12-11-30-19/h5-10,13,18,21H,3-4,11-12,14H2,1-2H3. The second kappa shape index (κ2) is 10.1. The predicted octanol–water partition coefficient (Wildman–Crippen LogP) is 3.44. The van der Waals surface area contributed by atoms with E-state index in [0.717, 1.165) is 12.0 Å². The lowest BCUT2D eigenvalue weighted by molar-refractivity contribution is -0.484. The van der Waals surface area contributed by atoms with Crippen molar-refractivity contribution >= 4 is 11.8 Å². The molecule has 1 aliphatic rings. The summed E-state index contributed by atoms with van der Waals surface area (Å²) in [5.74, 6) is -2.73. The van der Waals surface area contributed by atoms with Gasteiger partial charge in [0.15, 0.2) is 17.3 Å². The van der Waals surface area contributed by atoms with Gasteiger partial charge in [-0.25, -0.2) is 0 Å². The smallest absolute Gasteiger partial charge is 0.317 e. The highest BCUT2D eigenvalue weighted by molar-refractivity contribution is 6.09. The Labute approximate surface area is 180 Å². The van der Waals surface area contributed by atoms with Gasteiger partial charge in [-0.3, -0.25) is 19.7 Å². The molecule has 2 aromatic rings. The van der Waals surface area contributed by atoms with Crippen LogP contribution in [0.1, 0.15) is 41.3 Å². The first-order chi connectivity index (χ1) is 14.9. The van der Waals surface area contributed by atoms with Crippen molar-refractivity contribution in [1.82, 2.24) is 0 Å². The Morgan fingerprint density at radius 1 is 1.06 bits per heavy atom. The Balaban J connectivity index is 2.04. The van der Waals surface area contributed by atoms with Crippen molar-refractivity contribution in [1.29, 1.82) is 0 Å². The molecule has 0 amide bonds. The minimum absolute atomic E-state index is 0.0592. The van der Waals surface area contributed by atoms with E-state index in [-0.39, 0.29) is 6.61 Å². The fraction of sp³-hybridized carbons (Fsp3) is 0.391. The van der Waals surface area contributed by atoms with Crippen molar-refractivity contribution in [3.8, 4) is 11.5 Å². The van der Waals surface area contributed by atoms with Crippen LogP contribution in [0.3, 0.4) is 0 Å². The number of ketones is 1. The molecule has 0 fully saturated rings. The van der Waals surface area contributed by atoms with E-state index in [2.05, 4.69) is 0 Å². The molecule has 0 N–H and O–H groups in total. The fourth-order valence-corrected chi connectivity index (χ4v) is 3.62. The molecule has 8 heteroatoms. The van der Waals surface area contributed by atoms with Crippen molar-refractivity contribution < 1.29 is 28.7 Å². The maximum Gasteiger partial charge on any atom is 0.317 e. The number of aryl methyl sites for hydroxylation is 1. The summed E-state index contributed by atoms with van der Waals surface area (Å²) < 4.78 is 16.2. The number of hydrogen-bond acceptors (Lipinski definition) is 7. The summed E-state index contributed by atoms with van der Waals surface area (Å²) >= 11 is 0. The Morgan fingerprint density at radius 3 is 2.35 bits per heavy atom. The highest BCUT2D eigenvalue weighted by Crippen LogP contribution is 2.37. The first-order valence-corrected chi connectivity index (χ1v) is 10.3. The number of carbonyl (C=O) groups excluding carboxylic acids is 2. The number of carbonyl (C=O) groups is 2. The summed E-state index contributed by atoms with van der Waals surface area (Å²) in [5, 5.41) is 11.5. The molecule has 1 aliphatic heterocycles. The maximum atomic E-state index is 13.4. The number of esters is 1. The minimum Gasteiger partial charge on any atom is -0.486 e. The van der Waals surface area contributed by atoms with Gasteiger partial charge in [-0.2, -0.15) is 0 Å². The molecule has 164 valence electrons. The number of nitrogens with zero attached hydrogens (tertiary/aromatic N) is 1. The summed E-state index contributed by atoms with van der Waals surface area (Å²) in [5.41, 5.74) is 1.79. The van der Waals surface area contributed by atoms with Crippen LogP contribution >= 0.6 is 0 Å². The number of Topliss-reactive ketones (excluding diaryl/α,β-unsaturated/α-hetero) is 1. The van der Waals surface area contributed by atoms with E-state index < -0.39 is 35.1 Å². The molecule has 0 saturated carbocycles. The lowest BCUT2D eigenvalue weighted by Crippen LogP contribution is -2.35. The topological polar surface area (TPSA) is 105 Å². The van der Waals surface area contributed by atoms with Gasteiger partial charge in [-0.05, 0) is 36.6 Å². The molecule has 0 saturated heterocycles. The molecule has 31 heavy (non-hydrogen) atoms. The van der Waals surface area contributed by atoms with Crippen LogP contribution in [0, 0.1) is 16.0 Å². The summed E-state index contributed by atoms with van der Waals surface area (Å²) in [4.78, 5) is 37.2. The highest BCUT2D eigenvalue weighted by Gasteiger charge is 2.41. The normalized spacial score (nSPS) is 14.4. The second-order valence-corrected chi connectivity index (χ2v) is 7.17. The minimum atomic E-state index is -1.36. The Hall–Kier alpha value is -3.42. The van der Waals surface area contributed by atoms with Crippen LogP contribution < -0.4 is 9.47 Å². The number of nitro groups is 1. The number of benzene rings is 2. The van der Waals surface area contributed by atoms with Gasteiger partial charge in [0.25, 0.3) is 0 Å². The van der Waals surface area contributed by atoms with Crippen LogP contribution in [0.2, 0.25) is 0 Å². The monoisotopic (exact) mass is 427 g/mol. The van der Waals surface area contributed by atoms with Gasteiger partial charge in [-0.15, -0.1) is 0 Å². The molecular weight excluding hydrogens is 402 g/mol. The van der Waals surface area contributed by atoms with Gasteiger partial charge in [-0.1, -0.05) is 37.3 Å². The molecule has 0 spiro atoms. The quantitative estimate of drug-likeness (QED) is 0.198. The molecular formula is C23H25NO7. The zero-order chi connectivity index (χ0) is 22.4. The zero-order valence-corrected chi connectivity index (χ0v) is 17.5. The van der Waals surface area contributed by atoms with Crippen LogP contribution in [0.5, 0.6) is 11.5 Å². The Bertz CT molecular complexity index is 955. The van der Waals surface area contributed by atoms with Gasteiger partial charge in [0, 0.05) is 10.5 Å². The van der Waals surface area contributed by atoms with E-state index in [9.17, 15) is 19.7 Å². The van der Waals surface area contributed by atoms with Crippen molar-refractivity contribution in [2.24, 2.45) is 5.92 Å². The largest absolute Gasteiger partial charge is 0.486 e. The molecule has 0 bridgehead atoms. The summed E-state index contributed by atoms with van der Waals surface area (Å²) in [6.07, 6.45) is 0.803. The van der Waals surface area contributed by atoms with E-state index in [1.165, 1.54) is 0 Å². The average Bonchev–Trinajstić information content (AvgIpc) is 2.78. The Kier molecular flexibility index (Phi) is 7.23. The van der Waals surface area contributed by atoms with Crippen LogP contribution in [0.15, 0.2) is 42.5 Å². The third kappa shape index (κ3) is 5.20. The molecule has 0 aromatic heterocycles. The number of fused-ring (bicyclic) bond motifs is 1. The van der Waals surface area contributed by atoms with Crippen LogP contribution in [-0.2, 0) is 16.0 Å². The zero-order valence-electron chi connectivity index (χ0n) is 17.5. The molecule has 2 aromatic carbocycles. The van der Waals surface area contributed by atoms with Crippen molar-refractivity contribution in [3.05, 3.63) is 69.3 Å². The predicted molar refractivity (Wildman–Crippen MR) is 112 cm³/mol. The van der Waals surface area contributed by atoms with Gasteiger partial charge in [0.05, 0.1) is 12.5 Å². The van der Waals surface area contributed by atoms with E-state index in [0.29, 0.717) is 35.8 Å². The van der Waals surface area contributed by atoms with E-state index >= 15 is 0 Å². The SMILES string of the molecule is CCOC(=O)C(C(=O)c1ccc(CC)cc1)C(C[N+](=O)[O-])c1ccc2c(c1)OCCO2. The molecule has 3 rings (SSSR count). The van der Waals surface area contributed by atoms with Crippen molar-refractivity contribution in [2.75, 3.05) is 26.4 Å². The maximum absolute atomic E-state index is 13.4. The van der Waals surface area contributed by atoms with Crippen molar-refractivity contribution in [3.63, 3.8) is 0 Å². The first-order valence-electron chi connectivity index (χ1n) is 10.3. The van der Waals surface area contributed by atoms with Gasteiger partial charge >= 0.3 is 5.97 Å². The van der Waals surface area contributed by atoms with Crippen LogP contribution in [0.4, 0.5) is 0 Å². The summed E-state index contributed by atoms with van der Waals surface area (Å²) in [6.45, 7) is 3.82. The van der Waals surface area contributed by atoms with Gasteiger partial charge in [0.2, 0.25) is 6.54 Å². The van der Waals surface area contributed by atoms with E-state index in [1.807, 2.05) is 19.1 Å². The second-order valence-electron chi connectivity index (χ2n) is 7.17. The highest BCUT2D eigenvalue weighted by atomic mass is 16.6. The van der Waals surface area contributed by atoms with E-state index in [1.54, 1.807) is 37.3 Å². The molecule has 1 heterocycles. The lowest BCUT2D eigenvalue weighted by Gasteiger charge is -2.24. The molecule has 2 unspecified atom stereocenters. The summed E-state index contributed by atoms with van der Waals surface area (Å²) in [7, 11) is 0. The number of hydrogen-bond donors (Lipinski definition) is 0. The van der Waals surface area contributed by atoms with Gasteiger partial charge in [0.1, 0.15) is 19.1 Å². The van der Waals surface area contributed by atoms with Crippen molar-refractivity contribution in [2.45, 2.75) is 26.2 Å². The fourth-order valence-electron chi connectivity index (χ4n) is 3.62. The lowest BCUT2D eigenvalue weighted by atomic mass is 9.80. The van der Waals surface area contributed by atoms with Crippen LogP contribution in [0.25, 0.3) is 0 Å². The Morgan fingerprint density at radius 2 is 1.74 bits per heavy atom. The molecule has 0 radical (unpaired) electrons. The van der Waals surface area contributed by atoms with Gasteiger partial charge < -0.3 is 14.2 Å². The summed E-state index contributed by atoms with van der Waals surface area (Å²) in [6, 6.07) is 11.8.